The van der Waals surface area contributed by atoms with Crippen LogP contribution in [0.2, 0.25) is 0 Å². The summed E-state index contributed by atoms with van der Waals surface area (Å²) in [5.41, 5.74) is 6.91. The number of hydrogen-bond acceptors (Lipinski definition) is 3. The van der Waals surface area contributed by atoms with Crippen LogP contribution in [0.5, 0.6) is 11.5 Å². The van der Waals surface area contributed by atoms with Crippen molar-refractivity contribution in [3.8, 4) is 11.5 Å². The van der Waals surface area contributed by atoms with Crippen LogP contribution >= 0.6 is 0 Å². The van der Waals surface area contributed by atoms with E-state index in [0.29, 0.717) is 11.6 Å². The van der Waals surface area contributed by atoms with Crippen molar-refractivity contribution in [1.82, 2.24) is 4.98 Å². The molecule has 0 saturated heterocycles. The van der Waals surface area contributed by atoms with E-state index in [0.717, 1.165) is 18.6 Å². The van der Waals surface area contributed by atoms with Gasteiger partial charge in [0.1, 0.15) is 17.3 Å². The normalized spacial score (nSPS) is 10.2. The summed E-state index contributed by atoms with van der Waals surface area (Å²) in [5.74, 6) is 1.99. The molecule has 17 heavy (non-hydrogen) atoms. The van der Waals surface area contributed by atoms with Crippen molar-refractivity contribution in [1.29, 1.82) is 0 Å². The zero-order valence-corrected chi connectivity index (χ0v) is 9.89. The van der Waals surface area contributed by atoms with E-state index in [4.69, 9.17) is 10.5 Å². The van der Waals surface area contributed by atoms with E-state index in [2.05, 4.69) is 24.0 Å². The van der Waals surface area contributed by atoms with Crippen LogP contribution in [-0.4, -0.2) is 4.98 Å². The zero-order valence-electron chi connectivity index (χ0n) is 9.89. The molecule has 1 heterocycles. The molecule has 0 saturated carbocycles. The molecule has 0 spiro atoms. The molecule has 0 aliphatic carbocycles. The monoisotopic (exact) mass is 228 g/mol. The van der Waals surface area contributed by atoms with Crippen molar-refractivity contribution in [3.63, 3.8) is 0 Å². The molecule has 2 N–H and O–H groups in total. The van der Waals surface area contributed by atoms with Crippen molar-refractivity contribution in [3.05, 3.63) is 48.2 Å². The Kier molecular flexibility index (Phi) is 3.60. The van der Waals surface area contributed by atoms with Crippen LogP contribution in [0.25, 0.3) is 0 Å². The van der Waals surface area contributed by atoms with Crippen molar-refractivity contribution < 1.29 is 4.74 Å². The van der Waals surface area contributed by atoms with Gasteiger partial charge in [-0.2, -0.15) is 0 Å². The number of aromatic nitrogens is 1. The Labute approximate surface area is 101 Å². The van der Waals surface area contributed by atoms with Crippen LogP contribution < -0.4 is 10.5 Å². The quantitative estimate of drug-likeness (QED) is 0.872. The van der Waals surface area contributed by atoms with E-state index < -0.39 is 0 Å². The number of hydrogen-bond donors (Lipinski definition) is 1. The number of pyridine rings is 1. The number of nitrogens with zero attached hydrogens (tertiary/aromatic N) is 1. The van der Waals surface area contributed by atoms with Gasteiger partial charge in [-0.3, -0.25) is 0 Å². The molecule has 0 unspecified atom stereocenters. The number of nitrogens with two attached hydrogens (primary N) is 1. The first-order valence-corrected chi connectivity index (χ1v) is 5.76. The smallest absolute Gasteiger partial charge is 0.132 e. The van der Waals surface area contributed by atoms with Gasteiger partial charge in [0.2, 0.25) is 0 Å². The third kappa shape index (κ3) is 3.21. The van der Waals surface area contributed by atoms with Crippen LogP contribution in [0.4, 0.5) is 5.82 Å². The summed E-state index contributed by atoms with van der Waals surface area (Å²) in [5, 5.41) is 0. The molecular formula is C14H16N2O. The van der Waals surface area contributed by atoms with Crippen LogP contribution in [0.1, 0.15) is 18.9 Å². The highest BCUT2D eigenvalue weighted by Crippen LogP contribution is 2.22. The number of benzene rings is 1. The minimum absolute atomic E-state index is 0.463. The fourth-order valence-electron chi connectivity index (χ4n) is 1.64. The van der Waals surface area contributed by atoms with Crippen LogP contribution in [0.3, 0.4) is 0 Å². The molecule has 0 aliphatic rings. The molecule has 0 atom stereocenters. The number of aryl methyl sites for hydroxylation is 1. The Morgan fingerprint density at radius 1 is 1.12 bits per heavy atom. The first kappa shape index (κ1) is 11.5. The molecule has 0 fully saturated rings. The van der Waals surface area contributed by atoms with E-state index in [1.54, 1.807) is 18.3 Å². The number of anilines is 1. The average molecular weight is 228 g/mol. The topological polar surface area (TPSA) is 48.1 Å². The maximum Gasteiger partial charge on any atom is 0.132 e. The van der Waals surface area contributed by atoms with Crippen molar-refractivity contribution in [2.24, 2.45) is 0 Å². The predicted octanol–water partition coefficient (Wildman–Crippen LogP) is 3.41. The fourth-order valence-corrected chi connectivity index (χ4v) is 1.64. The maximum absolute atomic E-state index is 5.67. The third-order valence-electron chi connectivity index (χ3n) is 2.45. The van der Waals surface area contributed by atoms with Gasteiger partial charge in [0.25, 0.3) is 0 Å². The first-order chi connectivity index (χ1) is 8.28. The molecule has 3 nitrogen and oxygen atoms in total. The van der Waals surface area contributed by atoms with Gasteiger partial charge in [-0.25, -0.2) is 4.98 Å². The van der Waals surface area contributed by atoms with E-state index in [9.17, 15) is 0 Å². The minimum Gasteiger partial charge on any atom is -0.457 e. The Morgan fingerprint density at radius 2 is 1.88 bits per heavy atom. The Balaban J connectivity index is 2.08. The predicted molar refractivity (Wildman–Crippen MR) is 69.2 cm³/mol. The second kappa shape index (κ2) is 5.34. The third-order valence-corrected chi connectivity index (χ3v) is 2.45. The summed E-state index contributed by atoms with van der Waals surface area (Å²) in [6, 6.07) is 11.6. The molecule has 1 aromatic carbocycles. The molecular weight excluding hydrogens is 212 g/mol. The summed E-state index contributed by atoms with van der Waals surface area (Å²) in [6.45, 7) is 2.17. The number of nitrogen functional groups attached to an aromatic ring is 1. The Morgan fingerprint density at radius 3 is 2.53 bits per heavy atom. The molecule has 1 aromatic heterocycles. The average Bonchev–Trinajstić information content (AvgIpc) is 2.32. The van der Waals surface area contributed by atoms with Gasteiger partial charge < -0.3 is 10.5 Å². The maximum atomic E-state index is 5.67. The lowest BCUT2D eigenvalue weighted by atomic mass is 10.1. The summed E-state index contributed by atoms with van der Waals surface area (Å²) in [4.78, 5) is 3.92. The number of ether oxygens (including phenoxy) is 1. The van der Waals surface area contributed by atoms with Crippen LogP contribution in [0, 0.1) is 0 Å². The fraction of sp³-hybridized carbons (Fsp3) is 0.214. The summed E-state index contributed by atoms with van der Waals surface area (Å²) in [6.07, 6.45) is 3.89. The molecule has 0 radical (unpaired) electrons. The summed E-state index contributed by atoms with van der Waals surface area (Å²) < 4.78 is 5.67. The van der Waals surface area contributed by atoms with Crippen molar-refractivity contribution >= 4 is 5.82 Å². The van der Waals surface area contributed by atoms with Crippen molar-refractivity contribution in [2.75, 3.05) is 5.73 Å². The molecule has 2 rings (SSSR count). The van der Waals surface area contributed by atoms with Gasteiger partial charge in [0, 0.05) is 12.3 Å². The SMILES string of the molecule is CCCc1ccc(Oc2ccnc(N)c2)cc1. The molecule has 0 amide bonds. The highest BCUT2D eigenvalue weighted by molar-refractivity contribution is 5.39. The summed E-state index contributed by atoms with van der Waals surface area (Å²) >= 11 is 0. The highest BCUT2D eigenvalue weighted by Gasteiger charge is 1.98. The largest absolute Gasteiger partial charge is 0.457 e. The molecule has 2 aromatic rings. The zero-order chi connectivity index (χ0) is 12.1. The second-order valence-electron chi connectivity index (χ2n) is 3.91. The van der Waals surface area contributed by atoms with E-state index in [1.165, 1.54) is 5.56 Å². The van der Waals surface area contributed by atoms with Gasteiger partial charge in [-0.05, 0) is 30.2 Å². The van der Waals surface area contributed by atoms with Crippen LogP contribution in [-0.2, 0) is 6.42 Å². The van der Waals surface area contributed by atoms with Gasteiger partial charge >= 0.3 is 0 Å². The van der Waals surface area contributed by atoms with Gasteiger partial charge in [0.15, 0.2) is 0 Å². The minimum atomic E-state index is 0.463. The Bertz CT molecular complexity index is 480. The lowest BCUT2D eigenvalue weighted by Crippen LogP contribution is -1.91. The molecule has 0 aliphatic heterocycles. The molecule has 0 bridgehead atoms. The number of rotatable bonds is 4. The second-order valence-corrected chi connectivity index (χ2v) is 3.91. The van der Waals surface area contributed by atoms with Crippen molar-refractivity contribution in [2.45, 2.75) is 19.8 Å². The standard InChI is InChI=1S/C14H16N2O/c1-2-3-11-4-6-12(7-5-11)17-13-8-9-16-14(15)10-13/h4-10H,2-3H2,1H3,(H2,15,16). The first-order valence-electron chi connectivity index (χ1n) is 5.76. The molecule has 3 heteroatoms. The van der Waals surface area contributed by atoms with E-state index in [-0.39, 0.29) is 0 Å². The lowest BCUT2D eigenvalue weighted by molar-refractivity contribution is 0.482. The van der Waals surface area contributed by atoms with Gasteiger partial charge in [-0.15, -0.1) is 0 Å². The van der Waals surface area contributed by atoms with E-state index in [1.807, 2.05) is 12.1 Å². The highest BCUT2D eigenvalue weighted by atomic mass is 16.5. The summed E-state index contributed by atoms with van der Waals surface area (Å²) in [7, 11) is 0. The molecule has 88 valence electrons. The van der Waals surface area contributed by atoms with E-state index >= 15 is 0 Å². The van der Waals surface area contributed by atoms with Gasteiger partial charge in [-0.1, -0.05) is 25.5 Å². The van der Waals surface area contributed by atoms with Crippen LogP contribution in [0.15, 0.2) is 42.6 Å². The van der Waals surface area contributed by atoms with Gasteiger partial charge in [0.05, 0.1) is 0 Å². The lowest BCUT2D eigenvalue weighted by Gasteiger charge is -2.06. The Hall–Kier alpha value is -2.03.